The Morgan fingerprint density at radius 3 is 1.58 bits per heavy atom. The lowest BCUT2D eigenvalue weighted by Crippen LogP contribution is -2.49. The summed E-state index contributed by atoms with van der Waals surface area (Å²) in [5.41, 5.74) is 12.3. The van der Waals surface area contributed by atoms with Gasteiger partial charge in [0.25, 0.3) is 0 Å². The second kappa shape index (κ2) is 12.9. The molecule has 59 heavy (non-hydrogen) atoms. The van der Waals surface area contributed by atoms with E-state index in [1.165, 1.54) is 98.0 Å². The summed E-state index contributed by atoms with van der Waals surface area (Å²) in [4.78, 5) is 2.47. The molecule has 1 aliphatic rings. The molecule has 0 spiro atoms. The third-order valence-electron chi connectivity index (χ3n) is 13.0. The maximum absolute atomic E-state index is 2.53. The van der Waals surface area contributed by atoms with Crippen molar-refractivity contribution in [1.29, 1.82) is 0 Å². The van der Waals surface area contributed by atoms with Crippen LogP contribution in [0.15, 0.2) is 206 Å². The van der Waals surface area contributed by atoms with Gasteiger partial charge in [0, 0.05) is 38.6 Å². The van der Waals surface area contributed by atoms with Gasteiger partial charge in [-0.05, 0) is 103 Å². The zero-order valence-electron chi connectivity index (χ0n) is 33.0. The van der Waals surface area contributed by atoms with Gasteiger partial charge in [-0.1, -0.05) is 171 Å². The molecular formula is C56H40N2Si. The summed E-state index contributed by atoms with van der Waals surface area (Å²) in [5, 5.41) is 12.9. The van der Waals surface area contributed by atoms with E-state index >= 15 is 0 Å². The van der Waals surface area contributed by atoms with Crippen LogP contribution in [0.2, 0.25) is 13.1 Å². The second-order valence-electron chi connectivity index (χ2n) is 16.5. The van der Waals surface area contributed by atoms with Crippen molar-refractivity contribution < 1.29 is 0 Å². The first-order chi connectivity index (χ1) is 29.0. The Kier molecular flexibility index (Phi) is 7.41. The highest BCUT2D eigenvalue weighted by Crippen LogP contribution is 2.43. The first kappa shape index (κ1) is 33.9. The van der Waals surface area contributed by atoms with E-state index in [1.807, 2.05) is 0 Å². The number of anilines is 3. The van der Waals surface area contributed by atoms with Gasteiger partial charge in [-0.3, -0.25) is 0 Å². The van der Waals surface area contributed by atoms with Crippen molar-refractivity contribution in [3.05, 3.63) is 206 Å². The van der Waals surface area contributed by atoms with E-state index in [-0.39, 0.29) is 0 Å². The average molecular weight is 769 g/mol. The minimum Gasteiger partial charge on any atom is -0.310 e. The van der Waals surface area contributed by atoms with Crippen LogP contribution in [0, 0.1) is 0 Å². The largest absolute Gasteiger partial charge is 0.310 e. The summed E-state index contributed by atoms with van der Waals surface area (Å²) < 4.78 is 2.53. The molecule has 0 N–H and O–H groups in total. The monoisotopic (exact) mass is 768 g/mol. The van der Waals surface area contributed by atoms with Crippen molar-refractivity contribution in [1.82, 2.24) is 4.40 Å². The standard InChI is InChI=1S/C56H40N2Si/c1-59(2)54-26-13-11-22-47(54)48-33-31-41(36-55(48)59)57(39-29-27-38(28-30-39)37-15-4-3-5-16-37)40-32-34-53-51(35-40)50-24-14-23-49-45-20-9-7-18-43(45)42-17-6-8-19-44(42)46-21-10-12-25-52(46)58(53)56(49)50/h3-36H,1-2H3. The third kappa shape index (κ3) is 5.05. The Balaban J connectivity index is 1.16. The van der Waals surface area contributed by atoms with Crippen molar-refractivity contribution in [2.24, 2.45) is 0 Å². The Labute approximate surface area is 344 Å². The lowest BCUT2D eigenvalue weighted by atomic mass is 10.0. The number of hydrogen-bond acceptors (Lipinski definition) is 1. The van der Waals surface area contributed by atoms with Gasteiger partial charge in [0.05, 0.1) is 16.6 Å². The predicted octanol–water partition coefficient (Wildman–Crippen LogP) is 14.2. The highest BCUT2D eigenvalue weighted by molar-refractivity contribution is 7.03. The fraction of sp³-hybridized carbons (Fsp3) is 0.0357. The van der Waals surface area contributed by atoms with Crippen LogP contribution >= 0.6 is 0 Å². The van der Waals surface area contributed by atoms with Crippen LogP contribution in [-0.2, 0) is 0 Å². The smallest absolute Gasteiger partial charge is 0.113 e. The zero-order chi connectivity index (χ0) is 39.2. The molecule has 3 heterocycles. The molecule has 0 atom stereocenters. The van der Waals surface area contributed by atoms with Crippen LogP contribution in [-0.4, -0.2) is 12.5 Å². The second-order valence-corrected chi connectivity index (χ2v) is 20.8. The van der Waals surface area contributed by atoms with Crippen LogP contribution in [0.5, 0.6) is 0 Å². The summed E-state index contributed by atoms with van der Waals surface area (Å²) in [6.45, 7) is 5.00. The molecule has 1 aliphatic heterocycles. The van der Waals surface area contributed by atoms with Crippen LogP contribution < -0.4 is 15.3 Å². The maximum Gasteiger partial charge on any atom is 0.113 e. The molecular weight excluding hydrogens is 729 g/mol. The molecule has 0 fully saturated rings. The Morgan fingerprint density at radius 2 is 0.831 bits per heavy atom. The van der Waals surface area contributed by atoms with Gasteiger partial charge < -0.3 is 9.30 Å². The van der Waals surface area contributed by atoms with Gasteiger partial charge in [0.15, 0.2) is 0 Å². The van der Waals surface area contributed by atoms with Crippen molar-refractivity contribution >= 4 is 95.1 Å². The molecule has 0 radical (unpaired) electrons. The number of benzene rings is 9. The molecule has 11 aromatic rings. The molecule has 3 heteroatoms. The summed E-state index contributed by atoms with van der Waals surface area (Å²) in [7, 11) is -1.93. The third-order valence-corrected chi connectivity index (χ3v) is 16.5. The molecule has 0 saturated heterocycles. The minimum atomic E-state index is -1.93. The Hall–Kier alpha value is -7.20. The first-order valence-corrected chi connectivity index (χ1v) is 23.6. The minimum absolute atomic E-state index is 1.13. The van der Waals surface area contributed by atoms with Crippen molar-refractivity contribution in [2.75, 3.05) is 4.90 Å². The topological polar surface area (TPSA) is 7.65 Å². The highest BCUT2D eigenvalue weighted by Gasteiger charge is 2.37. The van der Waals surface area contributed by atoms with Gasteiger partial charge in [-0.15, -0.1) is 0 Å². The molecule has 2 aromatic heterocycles. The number of rotatable bonds is 4. The van der Waals surface area contributed by atoms with Gasteiger partial charge >= 0.3 is 0 Å². The van der Waals surface area contributed by atoms with E-state index in [0.717, 1.165) is 11.4 Å². The Bertz CT molecular complexity index is 3530. The average Bonchev–Trinajstić information content (AvgIpc) is 3.76. The molecule has 0 saturated carbocycles. The quantitative estimate of drug-likeness (QED) is 0.162. The van der Waals surface area contributed by atoms with E-state index in [0.29, 0.717) is 0 Å². The predicted molar refractivity (Wildman–Crippen MR) is 256 cm³/mol. The SMILES string of the molecule is C[Si]1(C)c2ccccc2-c2ccc(N(c3ccc(-c4ccccc4)cc3)c3ccc4c(c3)c3cccc5c6ccccc6c6ccccc6c6ccccc6n4c53)cc21. The van der Waals surface area contributed by atoms with E-state index in [1.54, 1.807) is 0 Å². The number of aromatic nitrogens is 1. The number of hydrogen-bond donors (Lipinski definition) is 0. The van der Waals surface area contributed by atoms with E-state index in [9.17, 15) is 0 Å². The molecule has 2 nitrogen and oxygen atoms in total. The van der Waals surface area contributed by atoms with E-state index in [2.05, 4.69) is 229 Å². The summed E-state index contributed by atoms with van der Waals surface area (Å²) in [5.74, 6) is 0. The molecule has 9 aromatic carbocycles. The van der Waals surface area contributed by atoms with Gasteiger partial charge in [0.1, 0.15) is 8.07 Å². The summed E-state index contributed by atoms with van der Waals surface area (Å²) in [6, 6.07) is 76.8. The van der Waals surface area contributed by atoms with E-state index in [4.69, 9.17) is 0 Å². The lowest BCUT2D eigenvalue weighted by molar-refractivity contribution is 1.29. The first-order valence-electron chi connectivity index (χ1n) is 20.6. The van der Waals surface area contributed by atoms with Gasteiger partial charge in [-0.2, -0.15) is 0 Å². The molecule has 0 unspecified atom stereocenters. The lowest BCUT2D eigenvalue weighted by Gasteiger charge is -2.28. The van der Waals surface area contributed by atoms with Crippen LogP contribution in [0.25, 0.3) is 81.9 Å². The Morgan fingerprint density at radius 1 is 0.339 bits per heavy atom. The molecule has 0 aliphatic carbocycles. The maximum atomic E-state index is 2.53. The fourth-order valence-corrected chi connectivity index (χ4v) is 13.3. The number of nitrogens with zero attached hydrogens (tertiary/aromatic N) is 2. The molecule has 278 valence electrons. The number of para-hydroxylation sites is 2. The zero-order valence-corrected chi connectivity index (χ0v) is 34.0. The number of fused-ring (bicyclic) bond motifs is 13. The van der Waals surface area contributed by atoms with Crippen molar-refractivity contribution in [3.63, 3.8) is 0 Å². The van der Waals surface area contributed by atoms with Gasteiger partial charge in [0.2, 0.25) is 0 Å². The van der Waals surface area contributed by atoms with Crippen molar-refractivity contribution in [2.45, 2.75) is 13.1 Å². The normalized spacial score (nSPS) is 13.1. The molecule has 0 bridgehead atoms. The highest BCUT2D eigenvalue weighted by atomic mass is 28.3. The van der Waals surface area contributed by atoms with Crippen LogP contribution in [0.3, 0.4) is 0 Å². The van der Waals surface area contributed by atoms with E-state index < -0.39 is 8.07 Å². The van der Waals surface area contributed by atoms with Gasteiger partial charge in [-0.25, -0.2) is 0 Å². The summed E-state index contributed by atoms with van der Waals surface area (Å²) in [6.07, 6.45) is 0. The summed E-state index contributed by atoms with van der Waals surface area (Å²) >= 11 is 0. The van der Waals surface area contributed by atoms with Crippen LogP contribution in [0.4, 0.5) is 17.1 Å². The van der Waals surface area contributed by atoms with Crippen LogP contribution in [0.1, 0.15) is 0 Å². The van der Waals surface area contributed by atoms with Crippen molar-refractivity contribution in [3.8, 4) is 22.3 Å². The fourth-order valence-electron chi connectivity index (χ4n) is 10.2. The molecule has 12 rings (SSSR count). The molecule has 0 amide bonds.